The molecule has 0 atom stereocenters. The van der Waals surface area contributed by atoms with Crippen molar-refractivity contribution in [2.24, 2.45) is 0 Å². The maximum Gasteiger partial charge on any atom is 0.117 e. The van der Waals surface area contributed by atoms with Crippen LogP contribution in [-0.2, 0) is 0 Å². The number of para-hydroxylation sites is 1. The normalized spacial score (nSPS) is 11.6. The van der Waals surface area contributed by atoms with E-state index in [4.69, 9.17) is 0 Å². The second-order valence-electron chi connectivity index (χ2n) is 4.81. The van der Waals surface area contributed by atoms with Gasteiger partial charge in [0.05, 0.1) is 15.7 Å². The minimum Gasteiger partial charge on any atom is -0.256 e. The minimum absolute atomic E-state index is 1.02. The number of benzene rings is 2. The molecule has 2 aromatic heterocycles. The predicted octanol–water partition coefficient (Wildman–Crippen LogP) is 5.01. The topological polar surface area (TPSA) is 25.8 Å². The van der Waals surface area contributed by atoms with Crippen molar-refractivity contribution in [3.05, 3.63) is 71.4 Å². The molecule has 100 valence electrons. The van der Waals surface area contributed by atoms with Gasteiger partial charge in [0, 0.05) is 11.6 Å². The van der Waals surface area contributed by atoms with E-state index in [1.54, 1.807) is 11.3 Å². The van der Waals surface area contributed by atoms with Crippen LogP contribution in [0, 0.1) is 0 Å². The Bertz CT molecular complexity index is 920. The number of nitrogens with zero attached hydrogens (tertiary/aromatic N) is 2. The van der Waals surface area contributed by atoms with Crippen molar-refractivity contribution < 1.29 is 0 Å². The van der Waals surface area contributed by atoms with Gasteiger partial charge in [-0.2, -0.15) is 0 Å². The number of fused-ring (bicyclic) bond motifs is 2. The fourth-order valence-corrected chi connectivity index (χ4v) is 3.20. The van der Waals surface area contributed by atoms with Crippen molar-refractivity contribution in [2.45, 2.75) is 0 Å². The van der Waals surface area contributed by atoms with Crippen LogP contribution in [0.4, 0.5) is 0 Å². The predicted molar refractivity (Wildman–Crippen MR) is 90.3 cm³/mol. The fourth-order valence-electron chi connectivity index (χ4n) is 2.33. The molecule has 0 saturated heterocycles. The molecule has 4 aromatic rings. The Morgan fingerprint density at radius 2 is 1.81 bits per heavy atom. The Morgan fingerprint density at radius 1 is 0.857 bits per heavy atom. The highest BCUT2D eigenvalue weighted by Crippen LogP contribution is 2.23. The van der Waals surface area contributed by atoms with Crippen molar-refractivity contribution in [3.63, 3.8) is 0 Å². The molecule has 4 rings (SSSR count). The van der Waals surface area contributed by atoms with Gasteiger partial charge in [-0.3, -0.25) is 4.98 Å². The van der Waals surface area contributed by atoms with Crippen LogP contribution in [0.1, 0.15) is 10.6 Å². The van der Waals surface area contributed by atoms with E-state index in [1.807, 2.05) is 36.5 Å². The van der Waals surface area contributed by atoms with E-state index >= 15 is 0 Å². The molecular weight excluding hydrogens is 276 g/mol. The summed E-state index contributed by atoms with van der Waals surface area (Å²) in [4.78, 5) is 8.94. The van der Waals surface area contributed by atoms with Gasteiger partial charge in [-0.25, -0.2) is 4.98 Å². The van der Waals surface area contributed by atoms with Crippen LogP contribution in [0.3, 0.4) is 0 Å². The lowest BCUT2D eigenvalue weighted by atomic mass is 10.1. The highest BCUT2D eigenvalue weighted by Gasteiger charge is 1.99. The molecule has 21 heavy (non-hydrogen) atoms. The lowest BCUT2D eigenvalue weighted by Crippen LogP contribution is -1.78. The first-order chi connectivity index (χ1) is 10.4. The Morgan fingerprint density at radius 3 is 2.76 bits per heavy atom. The van der Waals surface area contributed by atoms with Crippen molar-refractivity contribution in [2.75, 3.05) is 0 Å². The van der Waals surface area contributed by atoms with Crippen LogP contribution in [0.15, 0.2) is 60.8 Å². The number of hydrogen-bond donors (Lipinski definition) is 0. The van der Waals surface area contributed by atoms with Crippen molar-refractivity contribution in [1.29, 1.82) is 0 Å². The summed E-state index contributed by atoms with van der Waals surface area (Å²) < 4.78 is 1.22. The lowest BCUT2D eigenvalue weighted by molar-refractivity contribution is 1.41. The second-order valence-corrected chi connectivity index (χ2v) is 5.87. The second kappa shape index (κ2) is 5.11. The van der Waals surface area contributed by atoms with Crippen LogP contribution >= 0.6 is 11.3 Å². The summed E-state index contributed by atoms with van der Waals surface area (Å²) in [6.07, 6.45) is 5.99. The van der Waals surface area contributed by atoms with Gasteiger partial charge in [0.2, 0.25) is 0 Å². The van der Waals surface area contributed by atoms with Gasteiger partial charge in [0.1, 0.15) is 5.01 Å². The molecule has 0 saturated carbocycles. The van der Waals surface area contributed by atoms with E-state index in [-0.39, 0.29) is 0 Å². The van der Waals surface area contributed by atoms with Crippen LogP contribution < -0.4 is 0 Å². The van der Waals surface area contributed by atoms with Crippen LogP contribution in [0.25, 0.3) is 33.3 Å². The lowest BCUT2D eigenvalue weighted by Gasteiger charge is -1.97. The quantitative estimate of drug-likeness (QED) is 0.518. The summed E-state index contributed by atoms with van der Waals surface area (Å²) in [5.74, 6) is 0. The van der Waals surface area contributed by atoms with Crippen molar-refractivity contribution in [3.8, 4) is 0 Å². The molecule has 2 nitrogen and oxygen atoms in total. The zero-order valence-electron chi connectivity index (χ0n) is 11.2. The van der Waals surface area contributed by atoms with E-state index in [2.05, 4.69) is 46.4 Å². The van der Waals surface area contributed by atoms with Gasteiger partial charge < -0.3 is 0 Å². The fraction of sp³-hybridized carbons (Fsp3) is 0. The number of thiazole rings is 1. The maximum atomic E-state index is 4.61. The average Bonchev–Trinajstić information content (AvgIpc) is 2.95. The molecular formula is C18H12N2S. The third-order valence-electron chi connectivity index (χ3n) is 3.36. The molecule has 2 aromatic carbocycles. The van der Waals surface area contributed by atoms with Crippen LogP contribution in [0.2, 0.25) is 0 Å². The zero-order chi connectivity index (χ0) is 14.1. The molecule has 0 fully saturated rings. The first kappa shape index (κ1) is 12.2. The first-order valence-electron chi connectivity index (χ1n) is 6.77. The van der Waals surface area contributed by atoms with E-state index < -0.39 is 0 Å². The molecule has 0 amide bonds. The highest BCUT2D eigenvalue weighted by molar-refractivity contribution is 7.19. The Labute approximate surface area is 126 Å². The van der Waals surface area contributed by atoms with Crippen molar-refractivity contribution in [1.82, 2.24) is 9.97 Å². The van der Waals surface area contributed by atoms with E-state index in [0.717, 1.165) is 27.0 Å². The Balaban J connectivity index is 1.69. The number of pyridine rings is 1. The van der Waals surface area contributed by atoms with Crippen LogP contribution in [-0.4, -0.2) is 9.97 Å². The molecule has 0 spiro atoms. The van der Waals surface area contributed by atoms with Gasteiger partial charge in [0.25, 0.3) is 0 Å². The first-order valence-corrected chi connectivity index (χ1v) is 7.59. The average molecular weight is 288 g/mol. The number of hydrogen-bond acceptors (Lipinski definition) is 3. The monoisotopic (exact) mass is 288 g/mol. The SMILES string of the molecule is C(=C/c1nc2ccccc2s1)/c1ccc2ncccc2c1. The molecule has 0 aliphatic rings. The smallest absolute Gasteiger partial charge is 0.117 e. The highest BCUT2D eigenvalue weighted by atomic mass is 32.1. The minimum atomic E-state index is 1.02. The third kappa shape index (κ3) is 2.43. The molecule has 0 aliphatic carbocycles. The summed E-state index contributed by atoms with van der Waals surface area (Å²) in [7, 11) is 0. The van der Waals surface area contributed by atoms with Gasteiger partial charge >= 0.3 is 0 Å². The summed E-state index contributed by atoms with van der Waals surface area (Å²) >= 11 is 1.71. The largest absolute Gasteiger partial charge is 0.256 e. The molecule has 3 heteroatoms. The van der Waals surface area contributed by atoms with Gasteiger partial charge in [0.15, 0.2) is 0 Å². The Hall–Kier alpha value is -2.52. The number of aromatic nitrogens is 2. The van der Waals surface area contributed by atoms with Crippen molar-refractivity contribution >= 4 is 44.6 Å². The maximum absolute atomic E-state index is 4.61. The molecule has 0 unspecified atom stereocenters. The van der Waals surface area contributed by atoms with E-state index in [0.29, 0.717) is 0 Å². The molecule has 2 heterocycles. The molecule has 0 radical (unpaired) electrons. The summed E-state index contributed by atoms with van der Waals surface area (Å²) in [5, 5.41) is 2.19. The molecule has 0 N–H and O–H groups in total. The number of rotatable bonds is 2. The van der Waals surface area contributed by atoms with Gasteiger partial charge in [-0.15, -0.1) is 11.3 Å². The van der Waals surface area contributed by atoms with Gasteiger partial charge in [-0.1, -0.05) is 30.3 Å². The standard InChI is InChI=1S/C18H12N2S/c1-2-6-17-16(5-1)20-18(21-17)10-8-13-7-9-15-14(12-13)4-3-11-19-15/h1-12H/b10-8-. The van der Waals surface area contributed by atoms with Gasteiger partial charge in [-0.05, 0) is 42.0 Å². The van der Waals surface area contributed by atoms with E-state index in [1.165, 1.54) is 4.70 Å². The molecule has 0 bridgehead atoms. The summed E-state index contributed by atoms with van der Waals surface area (Å²) in [6.45, 7) is 0. The van der Waals surface area contributed by atoms with Crippen LogP contribution in [0.5, 0.6) is 0 Å². The Kier molecular flexibility index (Phi) is 2.98. The summed E-state index contributed by atoms with van der Waals surface area (Å²) in [6, 6.07) is 18.5. The van der Waals surface area contributed by atoms with E-state index in [9.17, 15) is 0 Å². The molecule has 0 aliphatic heterocycles. The zero-order valence-corrected chi connectivity index (χ0v) is 12.0. The third-order valence-corrected chi connectivity index (χ3v) is 4.36. The summed E-state index contributed by atoms with van der Waals surface area (Å²) in [5.41, 5.74) is 3.24.